The molecule has 0 aromatic carbocycles. The number of ketones is 1. The van der Waals surface area contributed by atoms with E-state index in [1.165, 1.54) is 11.3 Å². The van der Waals surface area contributed by atoms with Crippen molar-refractivity contribution >= 4 is 22.8 Å². The van der Waals surface area contributed by atoms with Crippen LogP contribution in [-0.2, 0) is 0 Å². The Hall–Kier alpha value is -1.03. The topological polar surface area (TPSA) is 38.3 Å². The maximum absolute atomic E-state index is 11.0. The molecule has 0 saturated heterocycles. The minimum atomic E-state index is 0.0970. The average molecular weight is 183 g/mol. The van der Waals surface area contributed by atoms with Gasteiger partial charge in [-0.25, -0.2) is 0 Å². The van der Waals surface area contributed by atoms with Crippen molar-refractivity contribution in [2.75, 3.05) is 18.5 Å². The van der Waals surface area contributed by atoms with Crippen molar-refractivity contribution < 1.29 is 9.53 Å². The molecular formula is C8H9NO2S. The number of anilines is 1. The van der Waals surface area contributed by atoms with Gasteiger partial charge in [0.1, 0.15) is 6.61 Å². The normalized spacial score (nSPS) is 14.4. The number of carbonyl (C=O) groups excluding carboxylic acids is 1. The Morgan fingerprint density at radius 2 is 2.58 bits per heavy atom. The zero-order valence-electron chi connectivity index (χ0n) is 6.72. The monoisotopic (exact) mass is 183 g/mol. The van der Waals surface area contributed by atoms with Crippen LogP contribution in [0.15, 0.2) is 6.07 Å². The van der Waals surface area contributed by atoms with Crippen molar-refractivity contribution in [2.45, 2.75) is 6.92 Å². The fourth-order valence-electron chi connectivity index (χ4n) is 1.11. The molecule has 0 fully saturated rings. The number of hydrogen-bond donors (Lipinski definition) is 1. The van der Waals surface area contributed by atoms with Crippen LogP contribution in [0.4, 0.5) is 5.69 Å². The molecule has 2 heterocycles. The Morgan fingerprint density at radius 1 is 1.75 bits per heavy atom. The smallest absolute Gasteiger partial charge is 0.198 e. The quantitative estimate of drug-likeness (QED) is 0.674. The minimum absolute atomic E-state index is 0.0970. The lowest BCUT2D eigenvalue weighted by molar-refractivity contribution is 0.102. The molecular weight excluding hydrogens is 174 g/mol. The van der Waals surface area contributed by atoms with Crippen molar-refractivity contribution in [3.63, 3.8) is 0 Å². The van der Waals surface area contributed by atoms with Crippen LogP contribution < -0.4 is 10.1 Å². The largest absolute Gasteiger partial charge is 0.481 e. The van der Waals surface area contributed by atoms with E-state index in [9.17, 15) is 4.79 Å². The third-order valence-corrected chi connectivity index (χ3v) is 2.84. The van der Waals surface area contributed by atoms with Crippen LogP contribution >= 0.6 is 11.3 Å². The average Bonchev–Trinajstić information content (AvgIpc) is 2.46. The number of rotatable bonds is 1. The summed E-state index contributed by atoms with van der Waals surface area (Å²) in [5.41, 5.74) is 0.955. The second kappa shape index (κ2) is 2.79. The van der Waals surface area contributed by atoms with Crippen LogP contribution in [0.25, 0.3) is 0 Å². The van der Waals surface area contributed by atoms with Gasteiger partial charge in [-0.05, 0) is 13.0 Å². The van der Waals surface area contributed by atoms with Crippen LogP contribution in [0.5, 0.6) is 5.06 Å². The van der Waals surface area contributed by atoms with Gasteiger partial charge in [0, 0.05) is 6.54 Å². The third-order valence-electron chi connectivity index (χ3n) is 1.70. The zero-order valence-corrected chi connectivity index (χ0v) is 7.53. The van der Waals surface area contributed by atoms with E-state index in [-0.39, 0.29) is 5.78 Å². The molecule has 0 bridgehead atoms. The van der Waals surface area contributed by atoms with Crippen LogP contribution in [-0.4, -0.2) is 18.9 Å². The van der Waals surface area contributed by atoms with Crippen LogP contribution in [0.1, 0.15) is 16.6 Å². The van der Waals surface area contributed by atoms with Crippen LogP contribution in [0, 0.1) is 0 Å². The summed E-state index contributed by atoms with van der Waals surface area (Å²) in [5, 5.41) is 4.01. The van der Waals surface area contributed by atoms with Crippen LogP contribution in [0.3, 0.4) is 0 Å². The summed E-state index contributed by atoms with van der Waals surface area (Å²) in [6, 6.07) is 1.85. The Kier molecular flexibility index (Phi) is 1.77. The number of thiophene rings is 1. The van der Waals surface area contributed by atoms with Gasteiger partial charge >= 0.3 is 0 Å². The molecule has 1 aromatic rings. The van der Waals surface area contributed by atoms with Gasteiger partial charge in [-0.15, -0.1) is 0 Å². The lowest BCUT2D eigenvalue weighted by atomic mass is 10.3. The summed E-state index contributed by atoms with van der Waals surface area (Å²) < 4.78 is 5.36. The first-order chi connectivity index (χ1) is 5.77. The SMILES string of the molecule is CC(=O)c1cc2c(s1)OCCN2. The van der Waals surface area contributed by atoms with E-state index < -0.39 is 0 Å². The van der Waals surface area contributed by atoms with Gasteiger partial charge in [-0.1, -0.05) is 11.3 Å². The Balaban J connectivity index is 2.38. The van der Waals surface area contributed by atoms with Gasteiger partial charge in [0.05, 0.1) is 10.6 Å². The zero-order chi connectivity index (χ0) is 8.55. The molecule has 0 saturated carbocycles. The number of Topliss-reactive ketones (excluding diaryl/α,β-unsaturated/α-hetero) is 1. The summed E-state index contributed by atoms with van der Waals surface area (Å²) >= 11 is 1.41. The Bertz CT molecular complexity index is 295. The van der Waals surface area contributed by atoms with Gasteiger partial charge in [0.25, 0.3) is 0 Å². The lowest BCUT2D eigenvalue weighted by Crippen LogP contribution is -2.16. The van der Waals surface area contributed by atoms with E-state index in [1.54, 1.807) is 6.92 Å². The molecule has 0 spiro atoms. The fraction of sp³-hybridized carbons (Fsp3) is 0.375. The fourth-order valence-corrected chi connectivity index (χ4v) is 2.01. The number of nitrogens with one attached hydrogen (secondary N) is 1. The molecule has 2 rings (SSSR count). The highest BCUT2D eigenvalue weighted by Crippen LogP contribution is 2.36. The minimum Gasteiger partial charge on any atom is -0.481 e. The summed E-state index contributed by atoms with van der Waals surface area (Å²) in [5.74, 6) is 0.0970. The molecule has 1 N–H and O–H groups in total. The van der Waals surface area contributed by atoms with E-state index in [2.05, 4.69) is 5.32 Å². The summed E-state index contributed by atoms with van der Waals surface area (Å²) in [7, 11) is 0. The number of fused-ring (bicyclic) bond motifs is 1. The second-order valence-corrected chi connectivity index (χ2v) is 3.66. The predicted octanol–water partition coefficient (Wildman–Crippen LogP) is 1.75. The lowest BCUT2D eigenvalue weighted by Gasteiger charge is -2.13. The van der Waals surface area contributed by atoms with Gasteiger partial charge in [-0.2, -0.15) is 0 Å². The highest BCUT2D eigenvalue weighted by Gasteiger charge is 2.15. The van der Waals surface area contributed by atoms with E-state index in [4.69, 9.17) is 4.74 Å². The molecule has 1 aliphatic heterocycles. The molecule has 1 aliphatic rings. The van der Waals surface area contributed by atoms with E-state index in [1.807, 2.05) is 6.07 Å². The van der Waals surface area contributed by atoms with Crippen molar-refractivity contribution in [1.82, 2.24) is 0 Å². The molecule has 0 aliphatic carbocycles. The standard InChI is InChI=1S/C8H9NO2S/c1-5(10)7-4-6-8(12-7)11-3-2-9-6/h4,9H,2-3H2,1H3. The van der Waals surface area contributed by atoms with Gasteiger partial charge in [0.2, 0.25) is 0 Å². The Morgan fingerprint density at radius 3 is 3.25 bits per heavy atom. The van der Waals surface area contributed by atoms with E-state index in [0.29, 0.717) is 6.61 Å². The first-order valence-electron chi connectivity index (χ1n) is 3.79. The summed E-state index contributed by atoms with van der Waals surface area (Å²) in [6.45, 7) is 3.07. The Labute approximate surface area is 74.4 Å². The summed E-state index contributed by atoms with van der Waals surface area (Å²) in [4.78, 5) is 11.7. The van der Waals surface area contributed by atoms with Gasteiger partial charge < -0.3 is 10.1 Å². The number of ether oxygens (including phenoxy) is 1. The van der Waals surface area contributed by atoms with Crippen molar-refractivity contribution in [1.29, 1.82) is 0 Å². The summed E-state index contributed by atoms with van der Waals surface area (Å²) in [6.07, 6.45) is 0. The molecule has 4 heteroatoms. The van der Waals surface area contributed by atoms with Gasteiger partial charge in [0.15, 0.2) is 10.8 Å². The van der Waals surface area contributed by atoms with Gasteiger partial charge in [-0.3, -0.25) is 4.79 Å². The molecule has 1 aromatic heterocycles. The van der Waals surface area contributed by atoms with Crippen molar-refractivity contribution in [2.24, 2.45) is 0 Å². The maximum atomic E-state index is 11.0. The van der Waals surface area contributed by atoms with Crippen molar-refractivity contribution in [3.8, 4) is 5.06 Å². The second-order valence-electron chi connectivity index (χ2n) is 2.64. The molecule has 0 atom stereocenters. The van der Waals surface area contributed by atoms with Crippen LogP contribution in [0.2, 0.25) is 0 Å². The first-order valence-corrected chi connectivity index (χ1v) is 4.60. The molecule has 3 nitrogen and oxygen atoms in total. The number of carbonyl (C=O) groups is 1. The molecule has 12 heavy (non-hydrogen) atoms. The predicted molar refractivity (Wildman–Crippen MR) is 48.3 cm³/mol. The maximum Gasteiger partial charge on any atom is 0.198 e. The highest BCUT2D eigenvalue weighted by atomic mass is 32.1. The first kappa shape index (κ1) is 7.61. The molecule has 0 radical (unpaired) electrons. The highest BCUT2D eigenvalue weighted by molar-refractivity contribution is 7.16. The number of hydrogen-bond acceptors (Lipinski definition) is 4. The molecule has 64 valence electrons. The van der Waals surface area contributed by atoms with Crippen molar-refractivity contribution in [3.05, 3.63) is 10.9 Å². The third kappa shape index (κ3) is 1.18. The molecule has 0 amide bonds. The molecule has 0 unspecified atom stereocenters. The van der Waals surface area contributed by atoms with E-state index in [0.717, 1.165) is 22.2 Å². The van der Waals surface area contributed by atoms with E-state index >= 15 is 0 Å².